The zero-order valence-electron chi connectivity index (χ0n) is 12.4. The first kappa shape index (κ1) is 15.9. The van der Waals surface area contributed by atoms with Gasteiger partial charge < -0.3 is 10.6 Å². The summed E-state index contributed by atoms with van der Waals surface area (Å²) in [4.78, 5) is 8.91. The van der Waals surface area contributed by atoms with Crippen LogP contribution in [0.4, 0.5) is 11.6 Å². The smallest absolute Gasteiger partial charge is 0.191 e. The third kappa shape index (κ3) is 4.51. The van der Waals surface area contributed by atoms with Crippen LogP contribution >= 0.6 is 23.4 Å². The van der Waals surface area contributed by atoms with Crippen molar-refractivity contribution in [3.8, 4) is 0 Å². The molecule has 1 heterocycles. The standard InChI is InChI=1S/C15H19ClN4S/c1-4-17-13-9-14(20-15(19-13)21-3)18-10(2)11-5-7-12(16)8-6-11/h5-10H,4H2,1-3H3,(H2,17,18,19,20). The van der Waals surface area contributed by atoms with Gasteiger partial charge in [0.05, 0.1) is 0 Å². The second-order valence-electron chi connectivity index (χ2n) is 4.57. The third-order valence-electron chi connectivity index (χ3n) is 2.98. The van der Waals surface area contributed by atoms with Crippen molar-refractivity contribution in [2.45, 2.75) is 25.0 Å². The van der Waals surface area contributed by atoms with Crippen LogP contribution in [-0.4, -0.2) is 22.8 Å². The van der Waals surface area contributed by atoms with Crippen LogP contribution in [0, 0.1) is 0 Å². The van der Waals surface area contributed by atoms with Gasteiger partial charge in [-0.2, -0.15) is 0 Å². The molecule has 0 fully saturated rings. The Labute approximate surface area is 134 Å². The average molecular weight is 323 g/mol. The lowest BCUT2D eigenvalue weighted by Gasteiger charge is -2.16. The van der Waals surface area contributed by atoms with Gasteiger partial charge in [-0.15, -0.1) is 0 Å². The number of nitrogens with zero attached hydrogens (tertiary/aromatic N) is 2. The van der Waals surface area contributed by atoms with E-state index < -0.39 is 0 Å². The number of anilines is 2. The van der Waals surface area contributed by atoms with Crippen LogP contribution in [0.15, 0.2) is 35.5 Å². The van der Waals surface area contributed by atoms with Crippen molar-refractivity contribution >= 4 is 35.0 Å². The largest absolute Gasteiger partial charge is 0.370 e. The van der Waals surface area contributed by atoms with Gasteiger partial charge in [-0.1, -0.05) is 35.5 Å². The van der Waals surface area contributed by atoms with Crippen molar-refractivity contribution in [2.24, 2.45) is 0 Å². The molecule has 21 heavy (non-hydrogen) atoms. The number of nitrogens with one attached hydrogen (secondary N) is 2. The molecule has 0 radical (unpaired) electrons. The maximum Gasteiger partial charge on any atom is 0.191 e. The molecule has 1 aromatic carbocycles. The van der Waals surface area contributed by atoms with E-state index in [4.69, 9.17) is 11.6 Å². The molecular weight excluding hydrogens is 304 g/mol. The maximum atomic E-state index is 5.92. The summed E-state index contributed by atoms with van der Waals surface area (Å²) >= 11 is 7.45. The lowest BCUT2D eigenvalue weighted by molar-refractivity contribution is 0.855. The highest BCUT2D eigenvalue weighted by Gasteiger charge is 2.09. The SMILES string of the molecule is CCNc1cc(NC(C)c2ccc(Cl)cc2)nc(SC)n1. The van der Waals surface area contributed by atoms with Gasteiger partial charge >= 0.3 is 0 Å². The molecule has 0 saturated carbocycles. The first-order valence-corrected chi connectivity index (χ1v) is 8.41. The van der Waals surface area contributed by atoms with Gasteiger partial charge in [0.25, 0.3) is 0 Å². The quantitative estimate of drug-likeness (QED) is 0.607. The predicted molar refractivity (Wildman–Crippen MR) is 91.5 cm³/mol. The third-order valence-corrected chi connectivity index (χ3v) is 3.78. The molecule has 2 rings (SSSR count). The van der Waals surface area contributed by atoms with Crippen LogP contribution in [-0.2, 0) is 0 Å². The Morgan fingerprint density at radius 2 is 1.86 bits per heavy atom. The van der Waals surface area contributed by atoms with E-state index in [0.717, 1.165) is 33.9 Å². The average Bonchev–Trinajstić information content (AvgIpc) is 2.48. The van der Waals surface area contributed by atoms with E-state index in [9.17, 15) is 0 Å². The Morgan fingerprint density at radius 1 is 1.19 bits per heavy atom. The molecule has 0 aliphatic heterocycles. The summed E-state index contributed by atoms with van der Waals surface area (Å²) in [5.41, 5.74) is 1.16. The Kier molecular flexibility index (Phi) is 5.70. The Morgan fingerprint density at radius 3 is 2.48 bits per heavy atom. The number of benzene rings is 1. The summed E-state index contributed by atoms with van der Waals surface area (Å²) in [6.07, 6.45) is 1.97. The number of halogens is 1. The van der Waals surface area contributed by atoms with Crippen LogP contribution in [0.3, 0.4) is 0 Å². The summed E-state index contributed by atoms with van der Waals surface area (Å²) in [6.45, 7) is 4.97. The molecule has 2 N–H and O–H groups in total. The van der Waals surface area contributed by atoms with Gasteiger partial charge in [0.15, 0.2) is 5.16 Å². The normalized spacial score (nSPS) is 12.0. The second kappa shape index (κ2) is 7.52. The first-order chi connectivity index (χ1) is 10.1. The van der Waals surface area contributed by atoms with Crippen LogP contribution in [0.5, 0.6) is 0 Å². The molecule has 0 spiro atoms. The van der Waals surface area contributed by atoms with Crippen LogP contribution in [0.25, 0.3) is 0 Å². The zero-order valence-corrected chi connectivity index (χ0v) is 13.9. The minimum atomic E-state index is 0.140. The van der Waals surface area contributed by atoms with E-state index in [1.807, 2.05) is 43.5 Å². The fraction of sp³-hybridized carbons (Fsp3) is 0.333. The van der Waals surface area contributed by atoms with Gasteiger partial charge in [-0.05, 0) is 37.8 Å². The molecule has 0 bridgehead atoms. The summed E-state index contributed by atoms with van der Waals surface area (Å²) in [5.74, 6) is 1.65. The monoisotopic (exact) mass is 322 g/mol. The van der Waals surface area contributed by atoms with E-state index >= 15 is 0 Å². The summed E-state index contributed by atoms with van der Waals surface area (Å²) in [7, 11) is 0. The molecule has 4 nitrogen and oxygen atoms in total. The van der Waals surface area contributed by atoms with Gasteiger partial charge in [0.2, 0.25) is 0 Å². The molecule has 1 unspecified atom stereocenters. The number of hydrogen-bond donors (Lipinski definition) is 2. The van der Waals surface area contributed by atoms with Crippen molar-refractivity contribution in [1.29, 1.82) is 0 Å². The van der Waals surface area contributed by atoms with Crippen molar-refractivity contribution in [2.75, 3.05) is 23.4 Å². The molecule has 0 aliphatic carbocycles. The Balaban J connectivity index is 2.17. The fourth-order valence-electron chi connectivity index (χ4n) is 1.92. The van der Waals surface area contributed by atoms with Gasteiger partial charge in [0.1, 0.15) is 11.6 Å². The highest BCUT2D eigenvalue weighted by molar-refractivity contribution is 7.98. The summed E-state index contributed by atoms with van der Waals surface area (Å²) in [6, 6.07) is 9.89. The lowest BCUT2D eigenvalue weighted by atomic mass is 10.1. The minimum Gasteiger partial charge on any atom is -0.370 e. The van der Waals surface area contributed by atoms with Crippen LogP contribution < -0.4 is 10.6 Å². The highest BCUT2D eigenvalue weighted by atomic mass is 35.5. The molecule has 0 amide bonds. The van der Waals surface area contributed by atoms with Gasteiger partial charge in [0, 0.05) is 23.7 Å². The molecule has 1 atom stereocenters. The summed E-state index contributed by atoms with van der Waals surface area (Å²) < 4.78 is 0. The molecule has 0 aliphatic rings. The van der Waals surface area contributed by atoms with Crippen LogP contribution in [0.1, 0.15) is 25.5 Å². The Hall–Kier alpha value is -1.46. The van der Waals surface area contributed by atoms with E-state index in [0.29, 0.717) is 0 Å². The topological polar surface area (TPSA) is 49.8 Å². The zero-order chi connectivity index (χ0) is 15.2. The summed E-state index contributed by atoms with van der Waals surface area (Å²) in [5, 5.41) is 8.12. The highest BCUT2D eigenvalue weighted by Crippen LogP contribution is 2.23. The van der Waals surface area contributed by atoms with Crippen LogP contribution in [0.2, 0.25) is 5.02 Å². The molecule has 0 saturated heterocycles. The van der Waals surface area contributed by atoms with E-state index in [2.05, 4.69) is 27.5 Å². The first-order valence-electron chi connectivity index (χ1n) is 6.81. The molecule has 1 aromatic heterocycles. The number of rotatable bonds is 6. The Bertz CT molecular complexity index is 589. The second-order valence-corrected chi connectivity index (χ2v) is 5.78. The molecular formula is C15H19ClN4S. The predicted octanol–water partition coefficient (Wildman–Crippen LogP) is 4.46. The minimum absolute atomic E-state index is 0.140. The van der Waals surface area contributed by atoms with E-state index in [1.165, 1.54) is 11.8 Å². The van der Waals surface area contributed by atoms with Gasteiger partial charge in [-0.25, -0.2) is 9.97 Å². The number of hydrogen-bond acceptors (Lipinski definition) is 5. The number of thioether (sulfide) groups is 1. The van der Waals surface area contributed by atoms with E-state index in [1.54, 1.807) is 0 Å². The lowest BCUT2D eigenvalue weighted by Crippen LogP contribution is -2.10. The van der Waals surface area contributed by atoms with Crippen molar-refractivity contribution in [1.82, 2.24) is 9.97 Å². The molecule has 6 heteroatoms. The van der Waals surface area contributed by atoms with Crippen molar-refractivity contribution in [3.63, 3.8) is 0 Å². The number of aromatic nitrogens is 2. The maximum absolute atomic E-state index is 5.92. The fourth-order valence-corrected chi connectivity index (χ4v) is 2.42. The van der Waals surface area contributed by atoms with Crippen molar-refractivity contribution in [3.05, 3.63) is 40.9 Å². The van der Waals surface area contributed by atoms with Crippen molar-refractivity contribution < 1.29 is 0 Å². The molecule has 112 valence electrons. The van der Waals surface area contributed by atoms with Gasteiger partial charge in [-0.3, -0.25) is 0 Å². The van der Waals surface area contributed by atoms with E-state index in [-0.39, 0.29) is 6.04 Å². The molecule has 2 aromatic rings.